The summed E-state index contributed by atoms with van der Waals surface area (Å²) in [4.78, 5) is 4.46. The Kier molecular flexibility index (Phi) is 5.52. The van der Waals surface area contributed by atoms with Gasteiger partial charge >= 0.3 is 0 Å². The van der Waals surface area contributed by atoms with Gasteiger partial charge in [0.2, 0.25) is 0 Å². The maximum Gasteiger partial charge on any atom is 0.128 e. The molecule has 3 aromatic carbocycles. The van der Waals surface area contributed by atoms with Gasteiger partial charge in [0, 0.05) is 21.8 Å². The largest absolute Gasteiger partial charge is 0.488 e. The van der Waals surface area contributed by atoms with Gasteiger partial charge in [-0.05, 0) is 48.0 Å². The number of hydrogen-bond donors (Lipinski definition) is 0. The smallest absolute Gasteiger partial charge is 0.128 e. The van der Waals surface area contributed by atoms with E-state index in [9.17, 15) is 0 Å². The third kappa shape index (κ3) is 4.60. The Hall–Kier alpha value is -2.29. The molecule has 0 amide bonds. The molecule has 0 aliphatic carbocycles. The van der Waals surface area contributed by atoms with E-state index in [2.05, 4.69) is 4.99 Å². The Balaban J connectivity index is 1.77. The SMILES string of the molecule is Clc1ccc(COc2ccc(Cl)cc2C=Nc2ccccc2)cc1. The van der Waals surface area contributed by atoms with E-state index in [1.165, 1.54) is 0 Å². The zero-order valence-electron chi connectivity index (χ0n) is 12.8. The van der Waals surface area contributed by atoms with E-state index < -0.39 is 0 Å². The molecular formula is C20H15Cl2NO. The molecule has 0 atom stereocenters. The zero-order chi connectivity index (χ0) is 16.8. The van der Waals surface area contributed by atoms with Crippen LogP contribution in [0.3, 0.4) is 0 Å². The summed E-state index contributed by atoms with van der Waals surface area (Å²) in [5, 5.41) is 1.35. The van der Waals surface area contributed by atoms with Crippen molar-refractivity contribution in [1.82, 2.24) is 0 Å². The Morgan fingerprint density at radius 1 is 0.833 bits per heavy atom. The molecule has 4 heteroatoms. The van der Waals surface area contributed by atoms with Crippen LogP contribution in [-0.4, -0.2) is 6.21 Å². The number of aliphatic imine (C=N–C) groups is 1. The Morgan fingerprint density at radius 2 is 1.54 bits per heavy atom. The summed E-state index contributed by atoms with van der Waals surface area (Å²) >= 11 is 12.0. The Morgan fingerprint density at radius 3 is 2.29 bits per heavy atom. The highest BCUT2D eigenvalue weighted by Crippen LogP contribution is 2.23. The molecule has 0 aliphatic heterocycles. The average molecular weight is 356 g/mol. The monoisotopic (exact) mass is 355 g/mol. The van der Waals surface area contributed by atoms with E-state index in [1.54, 1.807) is 12.3 Å². The molecule has 24 heavy (non-hydrogen) atoms. The van der Waals surface area contributed by atoms with Gasteiger partial charge in [0.15, 0.2) is 0 Å². The van der Waals surface area contributed by atoms with Crippen molar-refractivity contribution >= 4 is 35.1 Å². The van der Waals surface area contributed by atoms with Crippen LogP contribution in [0, 0.1) is 0 Å². The third-order valence-electron chi connectivity index (χ3n) is 3.39. The standard InChI is InChI=1S/C20H15Cl2NO/c21-17-8-6-15(7-9-17)14-24-20-11-10-18(22)12-16(20)13-23-19-4-2-1-3-5-19/h1-13H,14H2. The summed E-state index contributed by atoms with van der Waals surface area (Å²) in [5.74, 6) is 0.731. The van der Waals surface area contributed by atoms with Gasteiger partial charge in [-0.2, -0.15) is 0 Å². The molecule has 120 valence electrons. The van der Waals surface area contributed by atoms with Crippen molar-refractivity contribution in [2.24, 2.45) is 4.99 Å². The third-order valence-corrected chi connectivity index (χ3v) is 3.88. The summed E-state index contributed by atoms with van der Waals surface area (Å²) in [7, 11) is 0. The normalized spacial score (nSPS) is 10.9. The van der Waals surface area contributed by atoms with Gasteiger partial charge in [-0.1, -0.05) is 53.5 Å². The number of hydrogen-bond acceptors (Lipinski definition) is 2. The molecule has 3 aromatic rings. The van der Waals surface area contributed by atoms with E-state index in [4.69, 9.17) is 27.9 Å². The lowest BCUT2D eigenvalue weighted by molar-refractivity contribution is 0.306. The topological polar surface area (TPSA) is 21.6 Å². The second-order valence-electron chi connectivity index (χ2n) is 5.19. The minimum absolute atomic E-state index is 0.449. The molecule has 0 heterocycles. The Labute approximate surface area is 151 Å². The first-order chi connectivity index (χ1) is 11.7. The van der Waals surface area contributed by atoms with E-state index in [-0.39, 0.29) is 0 Å². The molecule has 0 aliphatic rings. The predicted octanol–water partition coefficient (Wildman–Crippen LogP) is 6.32. The van der Waals surface area contributed by atoms with Gasteiger partial charge in [0.25, 0.3) is 0 Å². The summed E-state index contributed by atoms with van der Waals surface area (Å²) in [6.07, 6.45) is 1.76. The van der Waals surface area contributed by atoms with Crippen molar-refractivity contribution in [2.75, 3.05) is 0 Å². The van der Waals surface area contributed by atoms with E-state index in [0.29, 0.717) is 16.7 Å². The molecule has 0 aromatic heterocycles. The van der Waals surface area contributed by atoms with E-state index >= 15 is 0 Å². The molecule has 0 spiro atoms. The summed E-state index contributed by atoms with van der Waals surface area (Å²) in [6.45, 7) is 0.449. The average Bonchev–Trinajstić information content (AvgIpc) is 2.61. The van der Waals surface area contributed by atoms with Gasteiger partial charge in [-0.25, -0.2) is 0 Å². The van der Waals surface area contributed by atoms with Crippen molar-refractivity contribution in [2.45, 2.75) is 6.61 Å². The summed E-state index contributed by atoms with van der Waals surface area (Å²) in [6, 6.07) is 22.8. The van der Waals surface area contributed by atoms with Crippen LogP contribution in [0.2, 0.25) is 10.0 Å². The molecule has 3 rings (SSSR count). The fourth-order valence-electron chi connectivity index (χ4n) is 2.15. The van der Waals surface area contributed by atoms with Crippen molar-refractivity contribution in [3.8, 4) is 5.75 Å². The lowest BCUT2D eigenvalue weighted by Crippen LogP contribution is -1.98. The number of benzene rings is 3. The van der Waals surface area contributed by atoms with Crippen molar-refractivity contribution in [3.05, 3.63) is 94.0 Å². The number of para-hydroxylation sites is 1. The first-order valence-corrected chi connectivity index (χ1v) is 8.22. The molecule has 0 unspecified atom stereocenters. The fourth-order valence-corrected chi connectivity index (χ4v) is 2.46. The highest BCUT2D eigenvalue weighted by molar-refractivity contribution is 6.31. The van der Waals surface area contributed by atoms with Crippen molar-refractivity contribution in [3.63, 3.8) is 0 Å². The van der Waals surface area contributed by atoms with Gasteiger partial charge in [-0.15, -0.1) is 0 Å². The highest BCUT2D eigenvalue weighted by atomic mass is 35.5. The maximum absolute atomic E-state index is 6.10. The highest BCUT2D eigenvalue weighted by Gasteiger charge is 2.04. The summed E-state index contributed by atoms with van der Waals surface area (Å²) in [5.41, 5.74) is 2.75. The first kappa shape index (κ1) is 16.6. The number of halogens is 2. The van der Waals surface area contributed by atoms with Crippen LogP contribution in [0.25, 0.3) is 0 Å². The second kappa shape index (κ2) is 8.00. The Bertz CT molecular complexity index is 830. The predicted molar refractivity (Wildman–Crippen MR) is 101 cm³/mol. The quantitative estimate of drug-likeness (QED) is 0.490. The lowest BCUT2D eigenvalue weighted by Gasteiger charge is -2.10. The zero-order valence-corrected chi connectivity index (χ0v) is 14.3. The minimum atomic E-state index is 0.449. The van der Waals surface area contributed by atoms with Gasteiger partial charge in [-0.3, -0.25) is 4.99 Å². The van der Waals surface area contributed by atoms with E-state index in [1.807, 2.05) is 66.7 Å². The van der Waals surface area contributed by atoms with Crippen LogP contribution in [0.4, 0.5) is 5.69 Å². The number of rotatable bonds is 5. The van der Waals surface area contributed by atoms with Crippen molar-refractivity contribution in [1.29, 1.82) is 0 Å². The van der Waals surface area contributed by atoms with Crippen LogP contribution < -0.4 is 4.74 Å². The lowest BCUT2D eigenvalue weighted by atomic mass is 10.2. The second-order valence-corrected chi connectivity index (χ2v) is 6.06. The molecule has 0 saturated carbocycles. The van der Waals surface area contributed by atoms with Crippen LogP contribution in [0.15, 0.2) is 77.8 Å². The van der Waals surface area contributed by atoms with Gasteiger partial charge < -0.3 is 4.74 Å². The van der Waals surface area contributed by atoms with Gasteiger partial charge in [0.05, 0.1) is 5.69 Å². The maximum atomic E-state index is 6.10. The number of ether oxygens (including phenoxy) is 1. The molecule has 2 nitrogen and oxygen atoms in total. The molecule has 0 N–H and O–H groups in total. The van der Waals surface area contributed by atoms with Crippen LogP contribution >= 0.6 is 23.2 Å². The first-order valence-electron chi connectivity index (χ1n) is 7.46. The van der Waals surface area contributed by atoms with Crippen LogP contribution in [0.5, 0.6) is 5.75 Å². The molecule has 0 radical (unpaired) electrons. The number of nitrogens with zero attached hydrogens (tertiary/aromatic N) is 1. The van der Waals surface area contributed by atoms with Gasteiger partial charge in [0.1, 0.15) is 12.4 Å². The van der Waals surface area contributed by atoms with Crippen LogP contribution in [0.1, 0.15) is 11.1 Å². The summed E-state index contributed by atoms with van der Waals surface area (Å²) < 4.78 is 5.91. The molecule has 0 saturated heterocycles. The van der Waals surface area contributed by atoms with E-state index in [0.717, 1.165) is 22.6 Å². The molecule has 0 fully saturated rings. The minimum Gasteiger partial charge on any atom is -0.488 e. The van der Waals surface area contributed by atoms with Crippen molar-refractivity contribution < 1.29 is 4.74 Å². The fraction of sp³-hybridized carbons (Fsp3) is 0.0500. The van der Waals surface area contributed by atoms with Crippen LogP contribution in [-0.2, 0) is 6.61 Å². The molecular weight excluding hydrogens is 341 g/mol. The molecule has 0 bridgehead atoms.